The molecule has 7 aromatic carbocycles. The molecule has 0 aliphatic heterocycles. The Labute approximate surface area is 322 Å². The van der Waals surface area contributed by atoms with Crippen molar-refractivity contribution in [3.8, 4) is 74.4 Å². The summed E-state index contributed by atoms with van der Waals surface area (Å²) < 4.78 is 8.53. The molecule has 0 saturated heterocycles. The normalized spacial score (nSPS) is 11.2. The van der Waals surface area contributed by atoms with Crippen LogP contribution in [0.15, 0.2) is 188 Å². The van der Waals surface area contributed by atoms with Crippen molar-refractivity contribution in [2.45, 2.75) is 0 Å². The van der Waals surface area contributed by atoms with Gasteiger partial charge in [0.2, 0.25) is 5.95 Å². The molecule has 0 saturated carbocycles. The van der Waals surface area contributed by atoms with Crippen LogP contribution >= 0.6 is 0 Å². The second-order valence-corrected chi connectivity index (χ2v) is 13.2. The summed E-state index contributed by atoms with van der Waals surface area (Å²) in [6.07, 6.45) is 0. The Balaban J connectivity index is 1.000. The van der Waals surface area contributed by atoms with Crippen LogP contribution in [0.3, 0.4) is 0 Å². The Morgan fingerprint density at radius 1 is 0.304 bits per heavy atom. The fraction of sp³-hybridized carbons (Fsp3) is 0. The van der Waals surface area contributed by atoms with Gasteiger partial charge in [0.1, 0.15) is 11.5 Å². The van der Waals surface area contributed by atoms with Gasteiger partial charge < -0.3 is 4.74 Å². The van der Waals surface area contributed by atoms with Gasteiger partial charge in [0.05, 0.1) is 11.0 Å². The smallest absolute Gasteiger partial charge is 0.238 e. The van der Waals surface area contributed by atoms with Crippen molar-refractivity contribution in [2.24, 2.45) is 0 Å². The van der Waals surface area contributed by atoms with E-state index in [0.29, 0.717) is 46.6 Å². The largest absolute Gasteiger partial charge is 0.457 e. The van der Waals surface area contributed by atoms with Crippen molar-refractivity contribution < 1.29 is 4.74 Å². The highest BCUT2D eigenvalue weighted by atomic mass is 16.5. The number of rotatable bonds is 8. The number of para-hydroxylation sites is 2. The lowest BCUT2D eigenvalue weighted by atomic mass is 10.1. The Kier molecular flexibility index (Phi) is 8.31. The molecule has 3 aromatic heterocycles. The van der Waals surface area contributed by atoms with E-state index in [1.54, 1.807) is 0 Å². The summed E-state index contributed by atoms with van der Waals surface area (Å²) in [6.45, 7) is 0. The van der Waals surface area contributed by atoms with Crippen LogP contribution in [0.25, 0.3) is 84.7 Å². The maximum absolute atomic E-state index is 6.42. The standard InChI is InChI=1S/C48H31N7O/c1-4-15-32(16-5-1)43-49-44(33-17-6-2-7-18-33)51-45(50-43)35-27-29-37(30-28-35)56-38-22-14-21-36(31-38)47-52-46(34-19-8-3-9-20-34)53-48(54-47)55-41-25-12-10-23-39(41)40-24-11-13-26-42(40)55/h1-31H. The minimum atomic E-state index is 0.537. The Morgan fingerprint density at radius 2 is 0.696 bits per heavy atom. The lowest BCUT2D eigenvalue weighted by molar-refractivity contribution is 0.483. The summed E-state index contributed by atoms with van der Waals surface area (Å²) >= 11 is 0. The zero-order chi connectivity index (χ0) is 37.3. The summed E-state index contributed by atoms with van der Waals surface area (Å²) in [4.78, 5) is 29.6. The van der Waals surface area contributed by atoms with Gasteiger partial charge >= 0.3 is 0 Å². The Morgan fingerprint density at radius 3 is 1.20 bits per heavy atom. The third-order valence-electron chi connectivity index (χ3n) is 9.58. The molecule has 0 atom stereocenters. The molecule has 10 aromatic rings. The van der Waals surface area contributed by atoms with Crippen LogP contribution in [0.2, 0.25) is 0 Å². The third-order valence-corrected chi connectivity index (χ3v) is 9.58. The molecular formula is C48H31N7O. The molecule has 56 heavy (non-hydrogen) atoms. The molecule has 0 aliphatic carbocycles. The van der Waals surface area contributed by atoms with Gasteiger partial charge in [-0.05, 0) is 48.5 Å². The van der Waals surface area contributed by atoms with E-state index >= 15 is 0 Å². The summed E-state index contributed by atoms with van der Waals surface area (Å²) in [5.41, 5.74) is 6.43. The van der Waals surface area contributed by atoms with Crippen LogP contribution < -0.4 is 4.74 Å². The minimum Gasteiger partial charge on any atom is -0.457 e. The molecule has 0 fully saturated rings. The molecule has 10 rings (SSSR count). The Hall–Kier alpha value is -7.84. The van der Waals surface area contributed by atoms with Crippen LogP contribution in [0.5, 0.6) is 11.5 Å². The van der Waals surface area contributed by atoms with Crippen molar-refractivity contribution in [1.29, 1.82) is 0 Å². The maximum atomic E-state index is 6.42. The summed E-state index contributed by atoms with van der Waals surface area (Å²) in [5.74, 6) is 4.77. The van der Waals surface area contributed by atoms with Gasteiger partial charge in [0, 0.05) is 38.6 Å². The first-order valence-electron chi connectivity index (χ1n) is 18.3. The highest BCUT2D eigenvalue weighted by Crippen LogP contribution is 2.34. The zero-order valence-electron chi connectivity index (χ0n) is 29.9. The van der Waals surface area contributed by atoms with Crippen molar-refractivity contribution in [3.63, 3.8) is 0 Å². The van der Waals surface area contributed by atoms with Crippen LogP contribution in [0.1, 0.15) is 0 Å². The highest BCUT2D eigenvalue weighted by molar-refractivity contribution is 6.09. The molecule has 3 heterocycles. The quantitative estimate of drug-likeness (QED) is 0.154. The third kappa shape index (κ3) is 6.31. The first-order valence-corrected chi connectivity index (χ1v) is 18.3. The lowest BCUT2D eigenvalue weighted by Gasteiger charge is -2.12. The minimum absolute atomic E-state index is 0.537. The predicted octanol–water partition coefficient (Wildman–Crippen LogP) is 11.3. The van der Waals surface area contributed by atoms with Gasteiger partial charge in [-0.3, -0.25) is 4.57 Å². The van der Waals surface area contributed by atoms with Gasteiger partial charge in [-0.25, -0.2) is 19.9 Å². The molecule has 0 bridgehead atoms. The number of aromatic nitrogens is 7. The van der Waals surface area contributed by atoms with Crippen molar-refractivity contribution in [2.75, 3.05) is 0 Å². The van der Waals surface area contributed by atoms with E-state index in [1.807, 2.05) is 152 Å². The van der Waals surface area contributed by atoms with E-state index < -0.39 is 0 Å². The van der Waals surface area contributed by atoms with Gasteiger partial charge in [0.25, 0.3) is 0 Å². The number of fused-ring (bicyclic) bond motifs is 3. The van der Waals surface area contributed by atoms with Gasteiger partial charge in [-0.1, -0.05) is 140 Å². The van der Waals surface area contributed by atoms with E-state index in [1.165, 1.54) is 0 Å². The first kappa shape index (κ1) is 32.8. The van der Waals surface area contributed by atoms with E-state index in [2.05, 4.69) is 41.0 Å². The van der Waals surface area contributed by atoms with Crippen molar-refractivity contribution in [3.05, 3.63) is 188 Å². The lowest BCUT2D eigenvalue weighted by Crippen LogP contribution is -2.06. The predicted molar refractivity (Wildman–Crippen MR) is 221 cm³/mol. The molecule has 0 spiro atoms. The van der Waals surface area contributed by atoms with Crippen molar-refractivity contribution >= 4 is 21.8 Å². The molecule has 0 N–H and O–H groups in total. The van der Waals surface area contributed by atoms with E-state index in [-0.39, 0.29) is 0 Å². The molecule has 0 unspecified atom stereocenters. The summed E-state index contributed by atoms with van der Waals surface area (Å²) in [6, 6.07) is 62.2. The van der Waals surface area contributed by atoms with Crippen LogP contribution in [-0.2, 0) is 0 Å². The van der Waals surface area contributed by atoms with Crippen LogP contribution in [0, 0.1) is 0 Å². The summed E-state index contributed by atoms with van der Waals surface area (Å²) in [5, 5.41) is 2.27. The van der Waals surface area contributed by atoms with E-state index in [0.717, 1.165) is 49.6 Å². The average Bonchev–Trinajstić information content (AvgIpc) is 3.62. The van der Waals surface area contributed by atoms with Crippen LogP contribution in [-0.4, -0.2) is 34.5 Å². The topological polar surface area (TPSA) is 91.5 Å². The maximum Gasteiger partial charge on any atom is 0.238 e. The molecule has 0 amide bonds. The van der Waals surface area contributed by atoms with E-state index in [4.69, 9.17) is 34.6 Å². The van der Waals surface area contributed by atoms with Crippen molar-refractivity contribution in [1.82, 2.24) is 34.5 Å². The van der Waals surface area contributed by atoms with Crippen LogP contribution in [0.4, 0.5) is 0 Å². The van der Waals surface area contributed by atoms with Gasteiger partial charge in [-0.15, -0.1) is 0 Å². The molecule has 8 heteroatoms. The first-order chi connectivity index (χ1) is 27.7. The van der Waals surface area contributed by atoms with Gasteiger partial charge in [-0.2, -0.15) is 9.97 Å². The van der Waals surface area contributed by atoms with E-state index in [9.17, 15) is 0 Å². The SMILES string of the molecule is c1ccc(-c2nc(-c3ccccc3)nc(-c3ccc(Oc4cccc(-c5nc(-c6ccccc6)nc(-n6c7ccccc7c7ccccc76)n5)c4)cc3)n2)cc1. The number of hydrogen-bond acceptors (Lipinski definition) is 7. The number of ether oxygens (including phenoxy) is 1. The molecular weight excluding hydrogens is 691 g/mol. The number of nitrogens with zero attached hydrogens (tertiary/aromatic N) is 7. The zero-order valence-corrected chi connectivity index (χ0v) is 29.9. The highest BCUT2D eigenvalue weighted by Gasteiger charge is 2.18. The molecule has 8 nitrogen and oxygen atoms in total. The number of benzene rings is 7. The summed E-state index contributed by atoms with van der Waals surface area (Å²) in [7, 11) is 0. The second kappa shape index (κ2) is 14.2. The second-order valence-electron chi connectivity index (χ2n) is 13.2. The fourth-order valence-electron chi connectivity index (χ4n) is 6.89. The molecule has 0 radical (unpaired) electrons. The fourth-order valence-corrected chi connectivity index (χ4v) is 6.89. The van der Waals surface area contributed by atoms with Gasteiger partial charge in [0.15, 0.2) is 29.1 Å². The molecule has 264 valence electrons. The molecule has 0 aliphatic rings. The Bertz CT molecular complexity index is 2880. The average molecular weight is 722 g/mol. The number of hydrogen-bond donors (Lipinski definition) is 0. The monoisotopic (exact) mass is 721 g/mol.